The summed E-state index contributed by atoms with van der Waals surface area (Å²) in [4.78, 5) is 10.8. The summed E-state index contributed by atoms with van der Waals surface area (Å²) in [6.45, 7) is 3.78. The molecule has 0 rings (SSSR count). The molecule has 0 heterocycles. The molecule has 0 radical (unpaired) electrons. The lowest BCUT2D eigenvalue weighted by molar-refractivity contribution is -0.135. The standard InChI is InChI=1S/C8H11NO2/c1-6(2)4-7(5-9)8(10)11-3/h4,6H,1-3H3/b7-4+. The van der Waals surface area contributed by atoms with Crippen LogP contribution in [0.5, 0.6) is 0 Å². The second-order valence-electron chi connectivity index (χ2n) is 2.43. The molecule has 0 N–H and O–H groups in total. The fourth-order valence-corrected chi connectivity index (χ4v) is 0.594. The van der Waals surface area contributed by atoms with E-state index in [9.17, 15) is 4.79 Å². The third-order valence-corrected chi connectivity index (χ3v) is 1.03. The predicted octanol–water partition coefficient (Wildman–Crippen LogP) is 1.27. The summed E-state index contributed by atoms with van der Waals surface area (Å²) in [7, 11) is 1.26. The maximum Gasteiger partial charge on any atom is 0.348 e. The van der Waals surface area contributed by atoms with Gasteiger partial charge in [0.2, 0.25) is 0 Å². The van der Waals surface area contributed by atoms with Gasteiger partial charge in [-0.1, -0.05) is 19.9 Å². The summed E-state index contributed by atoms with van der Waals surface area (Å²) in [6, 6.07) is 1.77. The summed E-state index contributed by atoms with van der Waals surface area (Å²) in [5.74, 6) is -0.384. The molecule has 0 aromatic carbocycles. The Labute approximate surface area is 66.3 Å². The number of hydrogen-bond donors (Lipinski definition) is 0. The van der Waals surface area contributed by atoms with E-state index in [1.807, 2.05) is 13.8 Å². The summed E-state index contributed by atoms with van der Waals surface area (Å²) < 4.78 is 4.37. The zero-order valence-corrected chi connectivity index (χ0v) is 6.92. The van der Waals surface area contributed by atoms with Crippen LogP contribution in [0.2, 0.25) is 0 Å². The molecule has 0 saturated carbocycles. The molecule has 0 aliphatic heterocycles. The van der Waals surface area contributed by atoms with E-state index in [-0.39, 0.29) is 11.5 Å². The van der Waals surface area contributed by atoms with Gasteiger partial charge in [0.05, 0.1) is 7.11 Å². The predicted molar refractivity (Wildman–Crippen MR) is 40.6 cm³/mol. The number of rotatable bonds is 2. The number of esters is 1. The van der Waals surface area contributed by atoms with Gasteiger partial charge in [0.1, 0.15) is 11.6 Å². The van der Waals surface area contributed by atoms with Crippen LogP contribution in [0, 0.1) is 17.2 Å². The van der Waals surface area contributed by atoms with E-state index in [2.05, 4.69) is 4.74 Å². The van der Waals surface area contributed by atoms with Gasteiger partial charge < -0.3 is 4.74 Å². The summed E-state index contributed by atoms with van der Waals surface area (Å²) in [5.41, 5.74) is 0.0718. The molecule has 0 bridgehead atoms. The second-order valence-corrected chi connectivity index (χ2v) is 2.43. The van der Waals surface area contributed by atoms with Crippen LogP contribution in [-0.4, -0.2) is 13.1 Å². The van der Waals surface area contributed by atoms with Gasteiger partial charge >= 0.3 is 5.97 Å². The third kappa shape index (κ3) is 3.41. The van der Waals surface area contributed by atoms with Crippen LogP contribution in [0.3, 0.4) is 0 Å². The molecule has 0 aromatic rings. The van der Waals surface area contributed by atoms with Crippen molar-refractivity contribution in [1.29, 1.82) is 5.26 Å². The number of methoxy groups -OCH3 is 1. The van der Waals surface area contributed by atoms with Gasteiger partial charge in [-0.15, -0.1) is 0 Å². The average Bonchev–Trinajstić information content (AvgIpc) is 1.98. The highest BCUT2D eigenvalue weighted by atomic mass is 16.5. The molecule has 0 atom stereocenters. The maximum atomic E-state index is 10.8. The van der Waals surface area contributed by atoms with Crippen LogP contribution >= 0.6 is 0 Å². The Morgan fingerprint density at radius 2 is 2.18 bits per heavy atom. The molecule has 0 spiro atoms. The molecule has 0 amide bonds. The van der Waals surface area contributed by atoms with Crippen molar-refractivity contribution < 1.29 is 9.53 Å². The normalized spacial score (nSPS) is 11.0. The highest BCUT2D eigenvalue weighted by Crippen LogP contribution is 2.02. The van der Waals surface area contributed by atoms with Crippen molar-refractivity contribution in [2.24, 2.45) is 5.92 Å². The minimum Gasteiger partial charge on any atom is -0.465 e. The van der Waals surface area contributed by atoms with Crippen LogP contribution < -0.4 is 0 Å². The molecule has 0 saturated heterocycles. The Morgan fingerprint density at radius 1 is 1.64 bits per heavy atom. The monoisotopic (exact) mass is 153 g/mol. The van der Waals surface area contributed by atoms with Gasteiger partial charge in [-0.05, 0) is 5.92 Å². The lowest BCUT2D eigenvalue weighted by Gasteiger charge is -1.97. The van der Waals surface area contributed by atoms with Crippen LogP contribution in [-0.2, 0) is 9.53 Å². The van der Waals surface area contributed by atoms with Gasteiger partial charge in [-0.3, -0.25) is 0 Å². The largest absolute Gasteiger partial charge is 0.465 e. The van der Waals surface area contributed by atoms with Crippen molar-refractivity contribution in [3.8, 4) is 6.07 Å². The molecule has 0 aliphatic carbocycles. The highest BCUT2D eigenvalue weighted by molar-refractivity contribution is 5.92. The zero-order chi connectivity index (χ0) is 8.85. The van der Waals surface area contributed by atoms with Gasteiger partial charge in [0.25, 0.3) is 0 Å². The molecule has 3 nitrogen and oxygen atoms in total. The van der Waals surface area contributed by atoms with Crippen LogP contribution in [0.4, 0.5) is 0 Å². The van der Waals surface area contributed by atoms with E-state index in [0.717, 1.165) is 0 Å². The molecule has 11 heavy (non-hydrogen) atoms. The van der Waals surface area contributed by atoms with E-state index >= 15 is 0 Å². The molecular weight excluding hydrogens is 142 g/mol. The zero-order valence-electron chi connectivity index (χ0n) is 6.92. The first-order chi connectivity index (χ1) is 5.11. The van der Waals surface area contributed by atoms with E-state index in [1.165, 1.54) is 7.11 Å². The third-order valence-electron chi connectivity index (χ3n) is 1.03. The maximum absolute atomic E-state index is 10.8. The van der Waals surface area contributed by atoms with E-state index in [1.54, 1.807) is 12.1 Å². The Hall–Kier alpha value is -1.30. The second kappa shape index (κ2) is 4.51. The molecule has 0 fully saturated rings. The number of nitrogens with zero attached hydrogens (tertiary/aromatic N) is 1. The number of ether oxygens (including phenoxy) is 1. The summed E-state index contributed by atoms with van der Waals surface area (Å²) in [6.07, 6.45) is 1.58. The molecule has 0 aromatic heterocycles. The number of hydrogen-bond acceptors (Lipinski definition) is 3. The van der Waals surface area contributed by atoms with Crippen molar-refractivity contribution in [3.05, 3.63) is 11.6 Å². The molecule has 60 valence electrons. The molecule has 3 heteroatoms. The number of carbonyl (C=O) groups excluding carboxylic acids is 1. The van der Waals surface area contributed by atoms with E-state index < -0.39 is 5.97 Å². The number of nitriles is 1. The van der Waals surface area contributed by atoms with Gasteiger partial charge in [-0.2, -0.15) is 5.26 Å². The first kappa shape index (κ1) is 9.70. The smallest absolute Gasteiger partial charge is 0.348 e. The molecular formula is C8H11NO2. The number of allylic oxidation sites excluding steroid dienone is 1. The Bertz CT molecular complexity index is 211. The van der Waals surface area contributed by atoms with Crippen molar-refractivity contribution in [1.82, 2.24) is 0 Å². The summed E-state index contributed by atoms with van der Waals surface area (Å²) >= 11 is 0. The minimum atomic E-state index is -0.568. The molecule has 0 aliphatic rings. The van der Waals surface area contributed by atoms with Gasteiger partial charge in [-0.25, -0.2) is 4.79 Å². The number of carbonyl (C=O) groups is 1. The Kier molecular flexibility index (Phi) is 3.97. The van der Waals surface area contributed by atoms with Crippen molar-refractivity contribution in [2.45, 2.75) is 13.8 Å². The van der Waals surface area contributed by atoms with Crippen molar-refractivity contribution in [2.75, 3.05) is 7.11 Å². The first-order valence-electron chi connectivity index (χ1n) is 3.32. The fourth-order valence-electron chi connectivity index (χ4n) is 0.594. The van der Waals surface area contributed by atoms with Crippen molar-refractivity contribution in [3.63, 3.8) is 0 Å². The lowest BCUT2D eigenvalue weighted by Crippen LogP contribution is -2.03. The first-order valence-corrected chi connectivity index (χ1v) is 3.32. The Balaban J connectivity index is 4.43. The quantitative estimate of drug-likeness (QED) is 0.341. The summed E-state index contributed by atoms with van der Waals surface area (Å²) in [5, 5.41) is 8.46. The molecule has 0 unspecified atom stereocenters. The van der Waals surface area contributed by atoms with Gasteiger partial charge in [0, 0.05) is 0 Å². The van der Waals surface area contributed by atoms with Gasteiger partial charge in [0.15, 0.2) is 0 Å². The van der Waals surface area contributed by atoms with E-state index in [4.69, 9.17) is 5.26 Å². The van der Waals surface area contributed by atoms with E-state index in [0.29, 0.717) is 0 Å². The van der Waals surface area contributed by atoms with Crippen LogP contribution in [0.25, 0.3) is 0 Å². The van der Waals surface area contributed by atoms with Crippen molar-refractivity contribution >= 4 is 5.97 Å². The fraction of sp³-hybridized carbons (Fsp3) is 0.500. The topological polar surface area (TPSA) is 50.1 Å². The van der Waals surface area contributed by atoms with Crippen LogP contribution in [0.1, 0.15) is 13.8 Å². The SMILES string of the molecule is COC(=O)/C(C#N)=C/C(C)C. The lowest BCUT2D eigenvalue weighted by atomic mass is 10.1. The average molecular weight is 153 g/mol. The minimum absolute atomic E-state index is 0.0718. The van der Waals surface area contributed by atoms with Crippen LogP contribution in [0.15, 0.2) is 11.6 Å². The highest BCUT2D eigenvalue weighted by Gasteiger charge is 2.07. The Morgan fingerprint density at radius 3 is 2.45 bits per heavy atom.